The second-order valence-electron chi connectivity index (χ2n) is 7.15. The average molecular weight is 266 g/mol. The van der Waals surface area contributed by atoms with E-state index in [4.69, 9.17) is 5.73 Å². The van der Waals surface area contributed by atoms with E-state index >= 15 is 0 Å². The molecule has 3 heteroatoms. The number of nitrogens with zero attached hydrogens (tertiary/aromatic N) is 1. The maximum atomic E-state index is 12.4. The first-order chi connectivity index (χ1) is 8.99. The topological polar surface area (TPSA) is 46.3 Å². The van der Waals surface area contributed by atoms with Crippen LogP contribution in [0.2, 0.25) is 0 Å². The number of likely N-dealkylation sites (tertiary alicyclic amines) is 1. The molecule has 1 unspecified atom stereocenters. The molecule has 1 saturated heterocycles. The molecule has 19 heavy (non-hydrogen) atoms. The molecule has 1 aliphatic carbocycles. The average Bonchev–Trinajstić information content (AvgIpc) is 2.80. The number of piperidine rings is 1. The van der Waals surface area contributed by atoms with Crippen LogP contribution in [0.5, 0.6) is 0 Å². The SMILES string of the molecule is CC1(C)CC(N)CCN1C(=O)CCCC1CCCC1. The monoisotopic (exact) mass is 266 g/mol. The lowest BCUT2D eigenvalue weighted by atomic mass is 9.87. The molecule has 2 rings (SSSR count). The molecule has 2 aliphatic rings. The van der Waals surface area contributed by atoms with Crippen LogP contribution >= 0.6 is 0 Å². The summed E-state index contributed by atoms with van der Waals surface area (Å²) in [6.07, 6.45) is 10.5. The van der Waals surface area contributed by atoms with Gasteiger partial charge in [-0.3, -0.25) is 4.79 Å². The first-order valence-corrected chi connectivity index (χ1v) is 8.05. The van der Waals surface area contributed by atoms with Crippen molar-refractivity contribution in [3.05, 3.63) is 0 Å². The number of nitrogens with two attached hydrogens (primary N) is 1. The van der Waals surface area contributed by atoms with Gasteiger partial charge >= 0.3 is 0 Å². The fourth-order valence-electron chi connectivity index (χ4n) is 3.89. The number of hydrogen-bond donors (Lipinski definition) is 1. The number of hydrogen-bond acceptors (Lipinski definition) is 2. The lowest BCUT2D eigenvalue weighted by Crippen LogP contribution is -2.55. The van der Waals surface area contributed by atoms with E-state index in [2.05, 4.69) is 18.7 Å². The van der Waals surface area contributed by atoms with Crippen molar-refractivity contribution in [3.8, 4) is 0 Å². The smallest absolute Gasteiger partial charge is 0.223 e. The van der Waals surface area contributed by atoms with Gasteiger partial charge in [-0.25, -0.2) is 0 Å². The molecular weight excluding hydrogens is 236 g/mol. The Hall–Kier alpha value is -0.570. The van der Waals surface area contributed by atoms with E-state index in [-0.39, 0.29) is 11.6 Å². The van der Waals surface area contributed by atoms with Crippen molar-refractivity contribution in [2.24, 2.45) is 11.7 Å². The van der Waals surface area contributed by atoms with E-state index in [1.807, 2.05) is 0 Å². The molecule has 110 valence electrons. The molecule has 1 aliphatic heterocycles. The van der Waals surface area contributed by atoms with Gasteiger partial charge < -0.3 is 10.6 Å². The van der Waals surface area contributed by atoms with Gasteiger partial charge in [0.1, 0.15) is 0 Å². The van der Waals surface area contributed by atoms with Crippen molar-refractivity contribution in [2.45, 2.75) is 83.2 Å². The zero-order chi connectivity index (χ0) is 13.9. The highest BCUT2D eigenvalue weighted by molar-refractivity contribution is 5.77. The minimum absolute atomic E-state index is 0.0535. The van der Waals surface area contributed by atoms with Gasteiger partial charge in [0, 0.05) is 24.5 Å². The normalized spacial score (nSPS) is 27.7. The minimum Gasteiger partial charge on any atom is -0.337 e. The molecule has 0 aromatic rings. The molecule has 3 nitrogen and oxygen atoms in total. The van der Waals surface area contributed by atoms with Crippen molar-refractivity contribution in [2.75, 3.05) is 6.54 Å². The second-order valence-corrected chi connectivity index (χ2v) is 7.15. The Balaban J connectivity index is 1.75. The van der Waals surface area contributed by atoms with E-state index in [9.17, 15) is 4.79 Å². The number of rotatable bonds is 4. The Morgan fingerprint density at radius 1 is 1.26 bits per heavy atom. The summed E-state index contributed by atoms with van der Waals surface area (Å²) in [4.78, 5) is 14.5. The number of amides is 1. The van der Waals surface area contributed by atoms with E-state index < -0.39 is 0 Å². The van der Waals surface area contributed by atoms with Crippen molar-refractivity contribution in [1.29, 1.82) is 0 Å². The lowest BCUT2D eigenvalue weighted by Gasteiger charge is -2.45. The fraction of sp³-hybridized carbons (Fsp3) is 0.938. The summed E-state index contributed by atoms with van der Waals surface area (Å²) in [5.74, 6) is 1.24. The summed E-state index contributed by atoms with van der Waals surface area (Å²) in [7, 11) is 0. The molecule has 0 spiro atoms. The molecule has 1 heterocycles. The third kappa shape index (κ3) is 3.95. The van der Waals surface area contributed by atoms with Crippen LogP contribution in [0.3, 0.4) is 0 Å². The summed E-state index contributed by atoms with van der Waals surface area (Å²) in [5, 5.41) is 0. The van der Waals surface area contributed by atoms with Gasteiger partial charge in [-0.1, -0.05) is 25.7 Å². The van der Waals surface area contributed by atoms with Crippen LogP contribution < -0.4 is 5.73 Å². The van der Waals surface area contributed by atoms with Gasteiger partial charge in [-0.2, -0.15) is 0 Å². The standard InChI is InChI=1S/C16H30N2O/c1-16(2)12-14(17)10-11-18(16)15(19)9-5-8-13-6-3-4-7-13/h13-14H,3-12,17H2,1-2H3. The second kappa shape index (κ2) is 6.25. The molecule has 2 N–H and O–H groups in total. The van der Waals surface area contributed by atoms with Gasteiger partial charge in [0.15, 0.2) is 0 Å². The van der Waals surface area contributed by atoms with Gasteiger partial charge in [0.05, 0.1) is 0 Å². The first kappa shape index (κ1) is 14.8. The van der Waals surface area contributed by atoms with Crippen LogP contribution in [0, 0.1) is 5.92 Å². The van der Waals surface area contributed by atoms with Crippen molar-refractivity contribution >= 4 is 5.91 Å². The maximum Gasteiger partial charge on any atom is 0.223 e. The van der Waals surface area contributed by atoms with Crippen molar-refractivity contribution < 1.29 is 4.79 Å². The highest BCUT2D eigenvalue weighted by Gasteiger charge is 2.35. The Labute approximate surface area is 117 Å². The summed E-state index contributed by atoms with van der Waals surface area (Å²) >= 11 is 0. The molecule has 0 radical (unpaired) electrons. The third-order valence-electron chi connectivity index (χ3n) is 4.99. The van der Waals surface area contributed by atoms with Crippen LogP contribution in [0.4, 0.5) is 0 Å². The number of carbonyl (C=O) groups excluding carboxylic acids is 1. The van der Waals surface area contributed by atoms with Crippen LogP contribution in [-0.4, -0.2) is 28.9 Å². The van der Waals surface area contributed by atoms with Crippen molar-refractivity contribution in [3.63, 3.8) is 0 Å². The van der Waals surface area contributed by atoms with Gasteiger partial charge in [-0.05, 0) is 45.4 Å². The third-order valence-corrected chi connectivity index (χ3v) is 4.99. The van der Waals surface area contributed by atoms with Crippen LogP contribution in [-0.2, 0) is 4.79 Å². The molecule has 1 saturated carbocycles. The Bertz CT molecular complexity index is 308. The van der Waals surface area contributed by atoms with Crippen LogP contribution in [0.1, 0.15) is 71.6 Å². The number of carbonyl (C=O) groups is 1. The fourth-order valence-corrected chi connectivity index (χ4v) is 3.89. The zero-order valence-electron chi connectivity index (χ0n) is 12.7. The van der Waals surface area contributed by atoms with E-state index in [1.54, 1.807) is 0 Å². The largest absolute Gasteiger partial charge is 0.337 e. The van der Waals surface area contributed by atoms with E-state index in [0.717, 1.165) is 38.1 Å². The summed E-state index contributed by atoms with van der Waals surface area (Å²) in [5.41, 5.74) is 5.96. The molecule has 1 atom stereocenters. The van der Waals surface area contributed by atoms with E-state index in [1.165, 1.54) is 32.1 Å². The highest BCUT2D eigenvalue weighted by atomic mass is 16.2. The Morgan fingerprint density at radius 3 is 2.58 bits per heavy atom. The first-order valence-electron chi connectivity index (χ1n) is 8.05. The molecule has 0 bridgehead atoms. The highest BCUT2D eigenvalue weighted by Crippen LogP contribution is 2.30. The summed E-state index contributed by atoms with van der Waals surface area (Å²) in [6, 6.07) is 0.262. The van der Waals surface area contributed by atoms with Crippen LogP contribution in [0.15, 0.2) is 0 Å². The predicted octanol–water partition coefficient (Wildman–Crippen LogP) is 3.08. The summed E-state index contributed by atoms with van der Waals surface area (Å²) < 4.78 is 0. The maximum absolute atomic E-state index is 12.4. The van der Waals surface area contributed by atoms with Gasteiger partial charge in [-0.15, -0.1) is 0 Å². The molecular formula is C16H30N2O. The van der Waals surface area contributed by atoms with Gasteiger partial charge in [0.2, 0.25) is 5.91 Å². The van der Waals surface area contributed by atoms with Gasteiger partial charge in [0.25, 0.3) is 0 Å². The van der Waals surface area contributed by atoms with Crippen molar-refractivity contribution in [1.82, 2.24) is 4.90 Å². The zero-order valence-corrected chi connectivity index (χ0v) is 12.7. The lowest BCUT2D eigenvalue weighted by molar-refractivity contribution is -0.138. The predicted molar refractivity (Wildman–Crippen MR) is 78.8 cm³/mol. The Morgan fingerprint density at radius 2 is 1.95 bits per heavy atom. The molecule has 1 amide bonds. The quantitative estimate of drug-likeness (QED) is 0.850. The molecule has 0 aromatic carbocycles. The van der Waals surface area contributed by atoms with Crippen LogP contribution in [0.25, 0.3) is 0 Å². The summed E-state index contributed by atoms with van der Waals surface area (Å²) in [6.45, 7) is 5.15. The molecule has 2 fully saturated rings. The molecule has 0 aromatic heterocycles. The Kier molecular flexibility index (Phi) is 4.88. The minimum atomic E-state index is -0.0535. The van der Waals surface area contributed by atoms with E-state index in [0.29, 0.717) is 5.91 Å².